The molecule has 3 rings (SSSR count). The summed E-state index contributed by atoms with van der Waals surface area (Å²) >= 11 is 0. The van der Waals surface area contributed by atoms with Gasteiger partial charge in [0.1, 0.15) is 23.0 Å². The summed E-state index contributed by atoms with van der Waals surface area (Å²) in [5.74, 6) is 3.20. The first-order chi connectivity index (χ1) is 9.29. The van der Waals surface area contributed by atoms with Crippen LogP contribution >= 0.6 is 0 Å². The monoisotopic (exact) mass is 250 g/mol. The van der Waals surface area contributed by atoms with Crippen molar-refractivity contribution in [2.24, 2.45) is 0 Å². The van der Waals surface area contributed by atoms with Crippen LogP contribution in [0.2, 0.25) is 0 Å². The van der Waals surface area contributed by atoms with E-state index in [1.54, 1.807) is 37.3 Å². The molecular weight excluding hydrogens is 240 g/mol. The van der Waals surface area contributed by atoms with Crippen LogP contribution in [0.15, 0.2) is 51.7 Å². The number of ether oxygens (including phenoxy) is 1. The van der Waals surface area contributed by atoms with Crippen molar-refractivity contribution in [2.75, 3.05) is 0 Å². The van der Waals surface area contributed by atoms with Crippen molar-refractivity contribution in [3.63, 3.8) is 0 Å². The largest absolute Gasteiger partial charge is 0.456 e. The van der Waals surface area contributed by atoms with E-state index in [1.807, 2.05) is 12.1 Å². The predicted octanol–water partition coefficient (Wildman–Crippen LogP) is 3.31. The van der Waals surface area contributed by atoms with E-state index < -0.39 is 0 Å². The molecule has 3 aromatic rings. The summed E-state index contributed by atoms with van der Waals surface area (Å²) < 4.78 is 10.9. The zero-order valence-electron chi connectivity index (χ0n) is 10.3. The van der Waals surface area contributed by atoms with Gasteiger partial charge >= 0.3 is 0 Å². The topological polar surface area (TPSA) is 39.4 Å². The quantitative estimate of drug-likeness (QED) is 0.491. The molecule has 0 N–H and O–H groups in total. The zero-order chi connectivity index (χ0) is 13.2. The summed E-state index contributed by atoms with van der Waals surface area (Å²) in [5, 5.41) is 1.12. The van der Waals surface area contributed by atoms with E-state index in [9.17, 15) is 4.79 Å². The Bertz CT molecular complexity index is 879. The van der Waals surface area contributed by atoms with Crippen LogP contribution in [-0.2, 0) is 0 Å². The normalized spacial score (nSPS) is 10.2. The van der Waals surface area contributed by atoms with Crippen LogP contribution in [0.1, 0.15) is 6.92 Å². The van der Waals surface area contributed by atoms with Crippen molar-refractivity contribution in [2.45, 2.75) is 6.92 Å². The van der Waals surface area contributed by atoms with Crippen LogP contribution in [0.4, 0.5) is 0 Å². The van der Waals surface area contributed by atoms with Gasteiger partial charge in [0.25, 0.3) is 0 Å². The number of benzene rings is 2. The molecule has 0 bridgehead atoms. The maximum Gasteiger partial charge on any atom is 0.200 e. The van der Waals surface area contributed by atoms with E-state index in [4.69, 9.17) is 9.15 Å². The van der Waals surface area contributed by atoms with Gasteiger partial charge in [0.2, 0.25) is 5.43 Å². The molecule has 2 aromatic carbocycles. The Morgan fingerprint density at radius 2 is 1.84 bits per heavy atom. The highest BCUT2D eigenvalue weighted by Crippen LogP contribution is 2.22. The number of rotatable bonds is 1. The van der Waals surface area contributed by atoms with Gasteiger partial charge in [0.15, 0.2) is 0 Å². The maximum absolute atomic E-state index is 12.3. The van der Waals surface area contributed by atoms with Gasteiger partial charge in [-0.1, -0.05) is 18.1 Å². The van der Waals surface area contributed by atoms with Crippen LogP contribution in [0.3, 0.4) is 0 Å². The third kappa shape index (κ3) is 1.94. The zero-order valence-corrected chi connectivity index (χ0v) is 10.3. The minimum absolute atomic E-state index is 0.0371. The fraction of sp³-hybridized carbons (Fsp3) is 0.0625. The summed E-state index contributed by atoms with van der Waals surface area (Å²) in [4.78, 5) is 12.3. The third-order valence-corrected chi connectivity index (χ3v) is 2.82. The Kier molecular flexibility index (Phi) is 2.70. The van der Waals surface area contributed by atoms with Crippen LogP contribution in [0.25, 0.3) is 21.9 Å². The average Bonchev–Trinajstić information content (AvgIpc) is 2.45. The van der Waals surface area contributed by atoms with E-state index in [-0.39, 0.29) is 5.43 Å². The molecule has 92 valence electrons. The minimum Gasteiger partial charge on any atom is -0.456 e. The van der Waals surface area contributed by atoms with Gasteiger partial charge in [-0.2, -0.15) is 0 Å². The van der Waals surface area contributed by atoms with Crippen LogP contribution in [-0.4, -0.2) is 0 Å². The molecule has 0 unspecified atom stereocenters. The maximum atomic E-state index is 12.3. The van der Waals surface area contributed by atoms with Crippen molar-refractivity contribution in [3.05, 3.63) is 52.7 Å². The highest BCUT2D eigenvalue weighted by molar-refractivity contribution is 5.90. The lowest BCUT2D eigenvalue weighted by molar-refractivity contribution is 0.518. The Morgan fingerprint density at radius 1 is 1.05 bits per heavy atom. The number of hydrogen-bond acceptors (Lipinski definition) is 3. The van der Waals surface area contributed by atoms with Crippen molar-refractivity contribution < 1.29 is 9.15 Å². The van der Waals surface area contributed by atoms with E-state index in [0.717, 1.165) is 0 Å². The first kappa shape index (κ1) is 11.4. The molecule has 0 atom stereocenters. The van der Waals surface area contributed by atoms with E-state index in [1.165, 1.54) is 0 Å². The fourth-order valence-electron chi connectivity index (χ4n) is 1.95. The standard InChI is InChI=1S/C16H10O3/c1-2-9-18-11-7-8-13-15(10-11)19-14-6-4-3-5-12(14)16(13)17/h3-8,10H,1H3. The second kappa shape index (κ2) is 4.51. The van der Waals surface area contributed by atoms with Gasteiger partial charge in [-0.25, -0.2) is 0 Å². The van der Waals surface area contributed by atoms with Gasteiger partial charge in [-0.3, -0.25) is 4.79 Å². The lowest BCUT2D eigenvalue weighted by atomic mass is 10.1. The molecule has 3 heteroatoms. The Labute approximate surface area is 109 Å². The molecule has 3 nitrogen and oxygen atoms in total. The first-order valence-corrected chi connectivity index (χ1v) is 5.84. The number of para-hydroxylation sites is 1. The van der Waals surface area contributed by atoms with Crippen LogP contribution in [0, 0.1) is 12.0 Å². The molecule has 0 saturated heterocycles. The Balaban J connectivity index is 2.31. The van der Waals surface area contributed by atoms with Gasteiger partial charge in [0, 0.05) is 13.0 Å². The predicted molar refractivity (Wildman–Crippen MR) is 74.1 cm³/mol. The van der Waals surface area contributed by atoms with Gasteiger partial charge < -0.3 is 9.15 Å². The smallest absolute Gasteiger partial charge is 0.200 e. The Hall–Kier alpha value is -2.73. The summed E-state index contributed by atoms with van der Waals surface area (Å²) in [7, 11) is 0. The first-order valence-electron chi connectivity index (χ1n) is 5.84. The SMILES string of the molecule is CC#COc1ccc2c(=O)c3ccccc3oc2c1. The van der Waals surface area contributed by atoms with Crippen molar-refractivity contribution in [3.8, 4) is 17.8 Å². The number of fused-ring (bicyclic) bond motifs is 2. The molecular formula is C16H10O3. The lowest BCUT2D eigenvalue weighted by Crippen LogP contribution is -2.01. The molecule has 1 aromatic heterocycles. The molecule has 19 heavy (non-hydrogen) atoms. The highest BCUT2D eigenvalue weighted by atomic mass is 16.5. The fourth-order valence-corrected chi connectivity index (χ4v) is 1.95. The molecule has 0 fully saturated rings. The molecule has 0 aliphatic rings. The van der Waals surface area contributed by atoms with Crippen LogP contribution < -0.4 is 10.2 Å². The summed E-state index contributed by atoms with van der Waals surface area (Å²) in [5.41, 5.74) is 1.03. The summed E-state index contributed by atoms with van der Waals surface area (Å²) in [6.07, 6.45) is 2.51. The summed E-state index contributed by atoms with van der Waals surface area (Å²) in [6.45, 7) is 1.69. The molecule has 0 saturated carbocycles. The molecule has 0 amide bonds. The highest BCUT2D eigenvalue weighted by Gasteiger charge is 2.07. The lowest BCUT2D eigenvalue weighted by Gasteiger charge is -2.02. The third-order valence-electron chi connectivity index (χ3n) is 2.82. The van der Waals surface area contributed by atoms with Crippen molar-refractivity contribution in [1.29, 1.82) is 0 Å². The molecule has 0 spiro atoms. The van der Waals surface area contributed by atoms with E-state index >= 15 is 0 Å². The minimum atomic E-state index is -0.0371. The second-order valence-electron chi connectivity index (χ2n) is 4.04. The second-order valence-corrected chi connectivity index (χ2v) is 4.04. The van der Waals surface area contributed by atoms with E-state index in [2.05, 4.69) is 12.0 Å². The van der Waals surface area contributed by atoms with E-state index in [0.29, 0.717) is 27.7 Å². The van der Waals surface area contributed by atoms with Gasteiger partial charge in [0.05, 0.1) is 10.8 Å². The summed E-state index contributed by atoms with van der Waals surface area (Å²) in [6, 6.07) is 12.3. The molecule has 0 aliphatic heterocycles. The molecule has 0 aliphatic carbocycles. The average molecular weight is 250 g/mol. The molecule has 0 radical (unpaired) electrons. The van der Waals surface area contributed by atoms with Crippen molar-refractivity contribution >= 4 is 21.9 Å². The van der Waals surface area contributed by atoms with Gasteiger partial charge in [-0.05, 0) is 24.3 Å². The molecule has 1 heterocycles. The van der Waals surface area contributed by atoms with Crippen LogP contribution in [0.5, 0.6) is 5.75 Å². The van der Waals surface area contributed by atoms with Gasteiger partial charge in [-0.15, -0.1) is 0 Å². The van der Waals surface area contributed by atoms with Crippen molar-refractivity contribution in [1.82, 2.24) is 0 Å². The Morgan fingerprint density at radius 3 is 2.68 bits per heavy atom. The number of hydrogen-bond donors (Lipinski definition) is 0.